The average molecular weight is 240 g/mol. The number of amidine groups is 1. The van der Waals surface area contributed by atoms with E-state index in [9.17, 15) is 0 Å². The molecule has 0 atom stereocenters. The molecular weight excluding hydrogens is 224 g/mol. The number of aliphatic imine (C=N–C) groups is 1. The van der Waals surface area contributed by atoms with Gasteiger partial charge in [0.15, 0.2) is 0 Å². The minimum absolute atomic E-state index is 0.593. The van der Waals surface area contributed by atoms with E-state index in [1.807, 2.05) is 13.1 Å². The van der Waals surface area contributed by atoms with Gasteiger partial charge in [0.05, 0.1) is 5.35 Å². The van der Waals surface area contributed by atoms with Crippen molar-refractivity contribution in [1.82, 2.24) is 4.98 Å². The fourth-order valence-corrected chi connectivity index (χ4v) is 1.92. The summed E-state index contributed by atoms with van der Waals surface area (Å²) in [7, 11) is 0. The maximum Gasteiger partial charge on any atom is 0.148 e. The first kappa shape index (κ1) is 12.4. The van der Waals surface area contributed by atoms with Crippen LogP contribution in [0.3, 0.4) is 0 Å². The molecule has 4 nitrogen and oxygen atoms in total. The van der Waals surface area contributed by atoms with E-state index in [-0.39, 0.29) is 0 Å². The van der Waals surface area contributed by atoms with Gasteiger partial charge in [-0.2, -0.15) is 5.10 Å². The molecule has 2 rings (SSSR count). The number of hydrogen-bond donors (Lipinski definition) is 0. The minimum Gasteiger partial charge on any atom is -0.256 e. The third kappa shape index (κ3) is 2.77. The van der Waals surface area contributed by atoms with E-state index in [1.165, 1.54) is 5.22 Å². The highest BCUT2D eigenvalue weighted by molar-refractivity contribution is 6.05. The van der Waals surface area contributed by atoms with E-state index in [0.717, 1.165) is 29.5 Å². The van der Waals surface area contributed by atoms with Gasteiger partial charge >= 0.3 is 0 Å². The number of hydrogen-bond acceptors (Lipinski definition) is 3. The molecule has 0 bridgehead atoms. The molecule has 18 heavy (non-hydrogen) atoms. The Morgan fingerprint density at radius 3 is 2.83 bits per heavy atom. The third-order valence-electron chi connectivity index (χ3n) is 2.78. The fraction of sp³-hybridized carbons (Fsp3) is 0.286. The topological polar surface area (TPSA) is 50.0 Å². The zero-order valence-corrected chi connectivity index (χ0v) is 10.7. The number of rotatable bonds is 2. The lowest BCUT2D eigenvalue weighted by Gasteiger charge is -2.03. The third-order valence-corrected chi connectivity index (χ3v) is 2.78. The predicted octanol–water partition coefficient (Wildman–Crippen LogP) is 1.28. The van der Waals surface area contributed by atoms with Crippen molar-refractivity contribution in [3.05, 3.63) is 28.4 Å². The SMILES string of the molecule is C=N/N=C(/C)N=C(C)c1cnc2c(c1)=CCCC=2. The zero-order chi connectivity index (χ0) is 13.0. The summed E-state index contributed by atoms with van der Waals surface area (Å²) in [5.74, 6) is 0.593. The van der Waals surface area contributed by atoms with E-state index in [1.54, 1.807) is 6.92 Å². The summed E-state index contributed by atoms with van der Waals surface area (Å²) in [6.07, 6.45) is 8.38. The van der Waals surface area contributed by atoms with Gasteiger partial charge in [0.1, 0.15) is 5.84 Å². The Kier molecular flexibility index (Phi) is 3.77. The molecule has 0 radical (unpaired) electrons. The van der Waals surface area contributed by atoms with Gasteiger partial charge in [0.2, 0.25) is 0 Å². The van der Waals surface area contributed by atoms with E-state index < -0.39 is 0 Å². The Hall–Kier alpha value is -2.10. The summed E-state index contributed by atoms with van der Waals surface area (Å²) in [4.78, 5) is 8.80. The van der Waals surface area contributed by atoms with Gasteiger partial charge in [-0.25, -0.2) is 4.99 Å². The van der Waals surface area contributed by atoms with Crippen LogP contribution in [-0.4, -0.2) is 23.2 Å². The molecule has 0 aromatic carbocycles. The first-order valence-electron chi connectivity index (χ1n) is 5.93. The molecule has 4 heteroatoms. The molecule has 1 aromatic rings. The standard InChI is InChI=1S/C14H16N4/c1-10(17-11(2)18-15-3)13-8-12-6-4-5-7-14(12)16-9-13/h6-9H,3-5H2,1-2H3/b17-10?,18-11-. The van der Waals surface area contributed by atoms with Gasteiger partial charge in [-0.3, -0.25) is 4.98 Å². The Balaban J connectivity index is 2.41. The molecule has 0 saturated heterocycles. The summed E-state index contributed by atoms with van der Waals surface area (Å²) in [5.41, 5.74) is 1.90. The van der Waals surface area contributed by atoms with Crippen LogP contribution < -0.4 is 10.6 Å². The van der Waals surface area contributed by atoms with Crippen molar-refractivity contribution >= 4 is 30.4 Å². The molecule has 0 spiro atoms. The lowest BCUT2D eigenvalue weighted by molar-refractivity contribution is 1.07. The first-order valence-corrected chi connectivity index (χ1v) is 5.93. The monoisotopic (exact) mass is 240 g/mol. The normalized spacial score (nSPS) is 15.4. The minimum atomic E-state index is 0.593. The number of aromatic nitrogens is 1. The average Bonchev–Trinajstić information content (AvgIpc) is 2.38. The number of nitrogens with zero attached hydrogens (tertiary/aromatic N) is 4. The molecule has 0 aliphatic heterocycles. The Morgan fingerprint density at radius 2 is 2.06 bits per heavy atom. The van der Waals surface area contributed by atoms with E-state index in [0.29, 0.717) is 5.84 Å². The van der Waals surface area contributed by atoms with E-state index in [2.05, 4.69) is 45.1 Å². The highest BCUT2D eigenvalue weighted by atomic mass is 15.2. The van der Waals surface area contributed by atoms with E-state index >= 15 is 0 Å². The summed E-state index contributed by atoms with van der Waals surface area (Å²) in [6, 6.07) is 2.12. The van der Waals surface area contributed by atoms with Crippen molar-refractivity contribution in [1.29, 1.82) is 0 Å². The molecule has 1 aliphatic rings. The van der Waals surface area contributed by atoms with Crippen LogP contribution in [0.15, 0.2) is 27.5 Å². The summed E-state index contributed by atoms with van der Waals surface area (Å²) in [5, 5.41) is 9.49. The van der Waals surface area contributed by atoms with Crippen LogP contribution in [0.25, 0.3) is 12.2 Å². The van der Waals surface area contributed by atoms with Gasteiger partial charge in [-0.05, 0) is 38.0 Å². The first-order chi connectivity index (χ1) is 8.70. The van der Waals surface area contributed by atoms with Gasteiger partial charge in [-0.15, -0.1) is 5.10 Å². The molecule has 1 heterocycles. The van der Waals surface area contributed by atoms with Crippen molar-refractivity contribution in [2.75, 3.05) is 0 Å². The second-order valence-corrected chi connectivity index (χ2v) is 4.17. The molecule has 1 aliphatic carbocycles. The molecule has 0 amide bonds. The Bertz CT molecular complexity index is 638. The maximum atomic E-state index is 4.45. The molecule has 0 N–H and O–H groups in total. The van der Waals surface area contributed by atoms with Gasteiger partial charge in [-0.1, -0.05) is 12.2 Å². The maximum absolute atomic E-state index is 4.45. The molecule has 92 valence electrons. The molecule has 0 unspecified atom stereocenters. The quantitative estimate of drug-likeness (QED) is 0.436. The van der Waals surface area contributed by atoms with E-state index in [4.69, 9.17) is 0 Å². The fourth-order valence-electron chi connectivity index (χ4n) is 1.92. The van der Waals surface area contributed by atoms with Gasteiger partial charge in [0, 0.05) is 24.2 Å². The molecule has 0 fully saturated rings. The largest absolute Gasteiger partial charge is 0.256 e. The highest BCUT2D eigenvalue weighted by Gasteiger charge is 2.01. The van der Waals surface area contributed by atoms with Crippen LogP contribution in [0.5, 0.6) is 0 Å². The van der Waals surface area contributed by atoms with Crippen molar-refractivity contribution in [3.8, 4) is 0 Å². The highest BCUT2D eigenvalue weighted by Crippen LogP contribution is 1.99. The number of fused-ring (bicyclic) bond motifs is 1. The summed E-state index contributed by atoms with van der Waals surface area (Å²) < 4.78 is 0. The lowest BCUT2D eigenvalue weighted by Crippen LogP contribution is -2.30. The van der Waals surface area contributed by atoms with Crippen LogP contribution in [-0.2, 0) is 0 Å². The summed E-state index contributed by atoms with van der Waals surface area (Å²) in [6.45, 7) is 7.05. The van der Waals surface area contributed by atoms with Crippen molar-refractivity contribution in [2.24, 2.45) is 15.2 Å². The Labute approximate surface area is 106 Å². The van der Waals surface area contributed by atoms with Crippen molar-refractivity contribution in [2.45, 2.75) is 26.7 Å². The van der Waals surface area contributed by atoms with Crippen molar-refractivity contribution in [3.63, 3.8) is 0 Å². The lowest BCUT2D eigenvalue weighted by atomic mass is 10.1. The summed E-state index contributed by atoms with van der Waals surface area (Å²) >= 11 is 0. The van der Waals surface area contributed by atoms with Crippen LogP contribution >= 0.6 is 0 Å². The van der Waals surface area contributed by atoms with Crippen LogP contribution in [0.4, 0.5) is 0 Å². The number of pyridine rings is 1. The van der Waals surface area contributed by atoms with Crippen LogP contribution in [0, 0.1) is 0 Å². The molecular formula is C14H16N4. The smallest absolute Gasteiger partial charge is 0.148 e. The molecule has 1 aromatic heterocycles. The van der Waals surface area contributed by atoms with Crippen molar-refractivity contribution < 1.29 is 0 Å². The Morgan fingerprint density at radius 1 is 1.28 bits per heavy atom. The second kappa shape index (κ2) is 5.49. The van der Waals surface area contributed by atoms with Gasteiger partial charge < -0.3 is 0 Å². The predicted molar refractivity (Wildman–Crippen MR) is 76.5 cm³/mol. The van der Waals surface area contributed by atoms with Crippen LogP contribution in [0.1, 0.15) is 32.3 Å². The van der Waals surface area contributed by atoms with Gasteiger partial charge in [0.25, 0.3) is 0 Å². The zero-order valence-electron chi connectivity index (χ0n) is 10.7. The van der Waals surface area contributed by atoms with Crippen LogP contribution in [0.2, 0.25) is 0 Å². The second-order valence-electron chi connectivity index (χ2n) is 4.17. The molecule has 0 saturated carbocycles.